The predicted octanol–water partition coefficient (Wildman–Crippen LogP) is -3.51. The van der Waals surface area contributed by atoms with Gasteiger partial charge in [-0.05, 0) is 210 Å². The number of rotatable bonds is 67. The van der Waals surface area contributed by atoms with E-state index in [1.54, 1.807) is 66.3 Å². The van der Waals surface area contributed by atoms with Crippen LogP contribution >= 0.6 is 23.5 Å². The molecule has 1 aromatic carbocycles. The van der Waals surface area contributed by atoms with Crippen molar-refractivity contribution in [2.75, 3.05) is 56.7 Å². The van der Waals surface area contributed by atoms with Crippen molar-refractivity contribution in [2.45, 2.75) is 308 Å². The van der Waals surface area contributed by atoms with Gasteiger partial charge in [0.25, 0.3) is 0 Å². The van der Waals surface area contributed by atoms with E-state index in [9.17, 15) is 96.5 Å². The first-order valence-electron chi connectivity index (χ1n) is 46.7. The van der Waals surface area contributed by atoms with Crippen molar-refractivity contribution in [1.29, 1.82) is 0 Å². The summed E-state index contributed by atoms with van der Waals surface area (Å²) in [6.07, 6.45) is 6.33. The summed E-state index contributed by atoms with van der Waals surface area (Å²) in [7, 11) is 0. The fraction of sp³-hybridized carbons (Fsp3) is 0.678. The van der Waals surface area contributed by atoms with Crippen molar-refractivity contribution in [3.05, 3.63) is 54.2 Å². The lowest BCUT2D eigenvalue weighted by Crippen LogP contribution is -2.62. The summed E-state index contributed by atoms with van der Waals surface area (Å²) in [6.45, 7) is 19.8. The molecule has 0 aliphatic heterocycles. The number of aliphatic hydroxyl groups excluding tert-OH is 2. The first-order valence-corrected chi connectivity index (χ1v) is 49.5. The number of unbranched alkanes of at least 4 members (excludes halogenated alkanes) is 3. The number of aromatic amines is 2. The zero-order chi connectivity index (χ0) is 103. The van der Waals surface area contributed by atoms with Gasteiger partial charge in [0, 0.05) is 41.8 Å². The average molecular weight is 1970 g/mol. The maximum atomic E-state index is 14.8. The molecule has 2 heterocycles. The van der Waals surface area contributed by atoms with Crippen molar-refractivity contribution in [1.82, 2.24) is 105 Å². The first-order chi connectivity index (χ1) is 64.7. The molecule has 137 heavy (non-hydrogen) atoms. The predicted molar refractivity (Wildman–Crippen MR) is 518 cm³/mol. The number of nitrogens with zero attached hydrogens (tertiary/aromatic N) is 1. The van der Waals surface area contributed by atoms with Crippen LogP contribution in [0.15, 0.2) is 43.0 Å². The summed E-state index contributed by atoms with van der Waals surface area (Å²) < 4.78 is 0. The number of aliphatic carboxylic acids is 1. The molecule has 0 aliphatic carbocycles. The van der Waals surface area contributed by atoms with Crippen LogP contribution in [0.25, 0.3) is 10.9 Å². The van der Waals surface area contributed by atoms with Gasteiger partial charge >= 0.3 is 5.97 Å². The zero-order valence-electron chi connectivity index (χ0n) is 81.5. The monoisotopic (exact) mass is 1970 g/mol. The number of nitrogens with one attached hydrogen (secondary N) is 19. The number of carboxylic acids is 1. The van der Waals surface area contributed by atoms with E-state index in [1.807, 2.05) is 32.0 Å². The summed E-state index contributed by atoms with van der Waals surface area (Å²) in [4.78, 5) is 261. The van der Waals surface area contributed by atoms with Gasteiger partial charge in [0.05, 0.1) is 31.1 Å². The number of hydrogen-bond acceptors (Lipinski definition) is 27. The quantitative estimate of drug-likeness (QED) is 0.0244. The van der Waals surface area contributed by atoms with Crippen LogP contribution < -0.4 is 113 Å². The van der Waals surface area contributed by atoms with Crippen LogP contribution in [0.5, 0.6) is 0 Å². The van der Waals surface area contributed by atoms with Gasteiger partial charge in [0.15, 0.2) is 0 Å². The molecule has 47 heteroatoms. The minimum absolute atomic E-state index is 0.0194. The molecule has 30 N–H and O–H groups in total. The van der Waals surface area contributed by atoms with Crippen molar-refractivity contribution in [3.63, 3.8) is 0 Å². The Hall–Kier alpha value is -11.1. The minimum atomic E-state index is -1.77. The largest absolute Gasteiger partial charge is 0.480 e. The molecule has 0 saturated heterocycles. The van der Waals surface area contributed by atoms with E-state index in [-0.39, 0.29) is 145 Å². The summed E-state index contributed by atoms with van der Waals surface area (Å²) in [5, 5.41) is 76.0. The van der Waals surface area contributed by atoms with Gasteiger partial charge in [-0.25, -0.2) is 4.98 Å². The highest BCUT2D eigenvalue weighted by molar-refractivity contribution is 7.98. The lowest BCUT2D eigenvalue weighted by molar-refractivity contribution is -0.138. The van der Waals surface area contributed by atoms with Crippen LogP contribution in [0.4, 0.5) is 0 Å². The van der Waals surface area contributed by atoms with Gasteiger partial charge < -0.3 is 139 Å². The molecule has 17 amide bonds. The number of para-hydroxylation sites is 1. The van der Waals surface area contributed by atoms with Crippen LogP contribution in [0.1, 0.15) is 198 Å². The molecule has 2 aromatic heterocycles. The molecule has 3 aromatic rings. The third kappa shape index (κ3) is 44.9. The number of carbonyl (C=O) groups is 18. The molecule has 3 rings (SSSR count). The van der Waals surface area contributed by atoms with Crippen LogP contribution in [-0.4, -0.2) is 302 Å². The van der Waals surface area contributed by atoms with E-state index in [0.717, 1.165) is 10.9 Å². The number of benzene rings is 1. The SMILES string of the molecule is CSCC[C@H](NC(=O)[C@@H](NC(=O)CNC(=O)[C@H](CC(C)C)NC(=O)[C@H](CCCCN)NC(=O)[C@H](CCCCN)NC(=O)[C@H](CC(C)C)NC(=O)[C@H](CCSC)NC(=O)[C@@H](NC(=O)[C@H](CCCCN)NC(=O)[C@H](Cc1c[nH]c2ccccc12)NC(=O)[C@H](CC(C)C)NC(=O)[C@H](C)N)[C@@H](C)O)[C@@H](C)O)C(=O)N[C@@H](C)C(=O)N[C@@H](CC(C)C)C(=O)N[C@@H](Cc1cnc[nH]1)C(=O)N[C@@H](C)C(=O)NCC(=O)O. The van der Waals surface area contributed by atoms with Gasteiger partial charge in [-0.3, -0.25) is 86.3 Å². The smallest absolute Gasteiger partial charge is 0.322 e. The Balaban J connectivity index is 1.86. The third-order valence-corrected chi connectivity index (χ3v) is 23.1. The molecule has 0 spiro atoms. The number of H-pyrrole nitrogens is 2. The second-order valence-corrected chi connectivity index (χ2v) is 38.0. The second kappa shape index (κ2) is 63.4. The molecule has 18 atom stereocenters. The van der Waals surface area contributed by atoms with Gasteiger partial charge in [-0.2, -0.15) is 23.5 Å². The maximum Gasteiger partial charge on any atom is 0.322 e. The van der Waals surface area contributed by atoms with E-state index < -0.39 is 228 Å². The Bertz CT molecular complexity index is 4390. The Morgan fingerprint density at radius 1 is 0.365 bits per heavy atom. The topological polar surface area (TPSA) is 721 Å². The number of carboxylic acid groups (broad SMARTS) is 1. The summed E-state index contributed by atoms with van der Waals surface area (Å²) >= 11 is 2.61. The molecule has 0 bridgehead atoms. The highest BCUT2D eigenvalue weighted by Gasteiger charge is 2.40. The number of thioether (sulfide) groups is 2. The number of hydrogen-bond donors (Lipinski definition) is 26. The number of aromatic nitrogens is 3. The highest BCUT2D eigenvalue weighted by Crippen LogP contribution is 2.22. The van der Waals surface area contributed by atoms with E-state index in [2.05, 4.69) is 105 Å². The van der Waals surface area contributed by atoms with Gasteiger partial charge in [-0.1, -0.05) is 73.6 Å². The van der Waals surface area contributed by atoms with E-state index >= 15 is 0 Å². The first kappa shape index (κ1) is 120. The maximum absolute atomic E-state index is 14.8. The lowest BCUT2D eigenvalue weighted by atomic mass is 10.00. The molecular formula is C90H152N24O21S2. The third-order valence-electron chi connectivity index (χ3n) is 21.8. The average Bonchev–Trinajstić information content (AvgIpc) is 1.72. The molecule has 0 radical (unpaired) electrons. The molecule has 0 unspecified atom stereocenters. The Labute approximate surface area is 809 Å². The van der Waals surface area contributed by atoms with Crippen molar-refractivity contribution < 1.29 is 102 Å². The fourth-order valence-corrected chi connectivity index (χ4v) is 15.3. The van der Waals surface area contributed by atoms with Crippen LogP contribution in [-0.2, 0) is 99.1 Å². The van der Waals surface area contributed by atoms with Crippen LogP contribution in [0.3, 0.4) is 0 Å². The van der Waals surface area contributed by atoms with Gasteiger partial charge in [-0.15, -0.1) is 0 Å². The number of carbonyl (C=O) groups excluding carboxylic acids is 17. The zero-order valence-corrected chi connectivity index (χ0v) is 83.1. The molecule has 0 saturated carbocycles. The Morgan fingerprint density at radius 2 is 0.701 bits per heavy atom. The fourth-order valence-electron chi connectivity index (χ4n) is 14.3. The van der Waals surface area contributed by atoms with Crippen LogP contribution in [0, 0.1) is 23.7 Å². The van der Waals surface area contributed by atoms with Crippen LogP contribution in [0.2, 0.25) is 0 Å². The van der Waals surface area contributed by atoms with Crippen molar-refractivity contribution in [3.8, 4) is 0 Å². The number of imidazole rings is 1. The second-order valence-electron chi connectivity index (χ2n) is 36.0. The summed E-state index contributed by atoms with van der Waals surface area (Å²) in [5.74, 6) is -16.4. The van der Waals surface area contributed by atoms with Crippen molar-refractivity contribution in [2.24, 2.45) is 46.6 Å². The molecule has 0 fully saturated rings. The molecular weight excluding hydrogens is 1820 g/mol. The van der Waals surface area contributed by atoms with Gasteiger partial charge in [0.1, 0.15) is 97.2 Å². The van der Waals surface area contributed by atoms with Gasteiger partial charge in [0.2, 0.25) is 100 Å². The number of amides is 17. The van der Waals surface area contributed by atoms with E-state index in [4.69, 9.17) is 28.0 Å². The Morgan fingerprint density at radius 3 is 1.10 bits per heavy atom. The number of fused-ring (bicyclic) bond motifs is 1. The van der Waals surface area contributed by atoms with E-state index in [0.29, 0.717) is 30.5 Å². The Kier molecular flexibility index (Phi) is 55.6. The summed E-state index contributed by atoms with van der Waals surface area (Å²) in [5.41, 5.74) is 25.3. The lowest BCUT2D eigenvalue weighted by Gasteiger charge is -2.29. The number of aliphatic hydroxyl groups is 2. The molecule has 0 aliphatic rings. The standard InChI is InChI=1S/C90H152N24O21S2/c1-47(2)36-65(78(123)97-44-71(117)113-73(54(12)115)89(134)105-63(29-34-136-14)79(124)101-53(11)77(122)108-67(38-49(5)6)87(132)112-70(41-57-43-95-46-99-57)84(129)100-52(10)76(121)98-45-72(118)119)109-81(126)61(27-19-22-32-92)102-80(125)60(26-18-21-31-91)103-85(130)68(39-50(7)8)110-82(127)64(30-35-137-15)106-90(135)74(55(13)116)114-83(128)62(28-20-23-33-93)104-88(133)69(40-56-42-96-59-25-17-16-24-58(56)59)111-86(131)66(37-48(3)4)107-75(120)51(9)94/h16-17,24-25,42-43,46-55,60-70,73-74,96,115-116H,18-23,26-41,44-45,91-94H2,1-15H3,(H,95,99)(H,97,123)(H,98,121)(H,100,129)(H,101,124)(H,102,125)(H,103,130)(H,104,133)(H,105,134)(H,106,135)(H,107,120)(H,108,122)(H,109,126)(H,110,127)(H,111,131)(H,112,132)(H,113,117)(H,114,128)(H,118,119)/t51-,52-,53-,54+,55+,60-,61-,62-,63-,64-,65-,66-,67-,68-,69-,70-,73-,74-/m0/s1. The summed E-state index contributed by atoms with van der Waals surface area (Å²) in [6, 6.07) is -14.8. The highest BCUT2D eigenvalue weighted by atomic mass is 32.2. The minimum Gasteiger partial charge on any atom is -0.480 e. The molecule has 45 nitrogen and oxygen atoms in total. The number of nitrogens with two attached hydrogens (primary N) is 4. The normalized spacial score (nSPS) is 15.4. The van der Waals surface area contributed by atoms with E-state index in [1.165, 1.54) is 70.7 Å². The van der Waals surface area contributed by atoms with Crippen molar-refractivity contribution >= 4 is 141 Å². The molecule has 770 valence electrons.